The summed E-state index contributed by atoms with van der Waals surface area (Å²) in [6.45, 7) is 7.28. The van der Waals surface area contributed by atoms with Crippen LogP contribution in [0.1, 0.15) is 52.9 Å². The van der Waals surface area contributed by atoms with Gasteiger partial charge in [0.05, 0.1) is 12.3 Å². The highest BCUT2D eigenvalue weighted by Crippen LogP contribution is 2.29. The van der Waals surface area contributed by atoms with Crippen molar-refractivity contribution in [1.29, 1.82) is 0 Å². The number of hydrogen-bond acceptors (Lipinski definition) is 2. The van der Waals surface area contributed by atoms with Crippen molar-refractivity contribution in [3.8, 4) is 5.75 Å². The molecule has 1 rings (SSSR count). The van der Waals surface area contributed by atoms with E-state index in [1.54, 1.807) is 0 Å². The molecule has 3 heteroatoms. The van der Waals surface area contributed by atoms with Gasteiger partial charge in [-0.05, 0) is 38.0 Å². The quantitative estimate of drug-likeness (QED) is 0.603. The lowest BCUT2D eigenvalue weighted by Gasteiger charge is -2.18. The molecule has 1 N–H and O–H groups in total. The van der Waals surface area contributed by atoms with Crippen LogP contribution in [0, 0.1) is 0 Å². The van der Waals surface area contributed by atoms with E-state index >= 15 is 0 Å². The van der Waals surface area contributed by atoms with Gasteiger partial charge in [0, 0.05) is 11.1 Å². The molecule has 19 heavy (non-hydrogen) atoms. The molecule has 0 amide bonds. The van der Waals surface area contributed by atoms with Crippen LogP contribution in [0.3, 0.4) is 0 Å². The average Bonchev–Trinajstić information content (AvgIpc) is 2.38. The van der Waals surface area contributed by atoms with E-state index in [1.807, 2.05) is 18.2 Å². The number of ether oxygens (including phenoxy) is 1. The van der Waals surface area contributed by atoms with Crippen molar-refractivity contribution in [1.82, 2.24) is 0 Å². The van der Waals surface area contributed by atoms with E-state index in [2.05, 4.69) is 26.1 Å². The third-order valence-electron chi connectivity index (χ3n) is 3.05. The SMILES string of the molecule is CCCCCC(C)Nc1cc(Cl)ccc1OCCC. The maximum Gasteiger partial charge on any atom is 0.142 e. The van der Waals surface area contributed by atoms with Crippen molar-refractivity contribution >= 4 is 17.3 Å². The lowest BCUT2D eigenvalue weighted by Crippen LogP contribution is -2.15. The minimum absolute atomic E-state index is 0.439. The van der Waals surface area contributed by atoms with Crippen LogP contribution in [0.25, 0.3) is 0 Å². The number of halogens is 1. The van der Waals surface area contributed by atoms with E-state index in [0.717, 1.165) is 29.5 Å². The zero-order valence-electron chi connectivity index (χ0n) is 12.3. The van der Waals surface area contributed by atoms with Crippen LogP contribution in [0.2, 0.25) is 5.02 Å². The van der Waals surface area contributed by atoms with Crippen molar-refractivity contribution in [3.63, 3.8) is 0 Å². The second kappa shape index (κ2) is 9.08. The number of hydrogen-bond donors (Lipinski definition) is 1. The van der Waals surface area contributed by atoms with Gasteiger partial charge < -0.3 is 10.1 Å². The average molecular weight is 284 g/mol. The minimum Gasteiger partial charge on any atom is -0.491 e. The predicted octanol–water partition coefficient (Wildman–Crippen LogP) is 5.51. The van der Waals surface area contributed by atoms with E-state index < -0.39 is 0 Å². The molecule has 108 valence electrons. The highest BCUT2D eigenvalue weighted by Gasteiger charge is 2.08. The Morgan fingerprint density at radius 1 is 1.21 bits per heavy atom. The molecule has 0 spiro atoms. The Bertz CT molecular complexity index is 368. The fourth-order valence-corrected chi connectivity index (χ4v) is 2.16. The molecular formula is C16H26ClNO. The van der Waals surface area contributed by atoms with Crippen LogP contribution < -0.4 is 10.1 Å². The van der Waals surface area contributed by atoms with Crippen molar-refractivity contribution in [2.45, 2.75) is 58.9 Å². The highest BCUT2D eigenvalue weighted by atomic mass is 35.5. The normalized spacial score (nSPS) is 12.2. The molecule has 2 nitrogen and oxygen atoms in total. The molecule has 0 fully saturated rings. The molecule has 0 heterocycles. The van der Waals surface area contributed by atoms with Crippen molar-refractivity contribution < 1.29 is 4.74 Å². The van der Waals surface area contributed by atoms with Crippen LogP contribution in [-0.4, -0.2) is 12.6 Å². The summed E-state index contributed by atoms with van der Waals surface area (Å²) < 4.78 is 5.75. The van der Waals surface area contributed by atoms with Crippen molar-refractivity contribution in [2.24, 2.45) is 0 Å². The number of anilines is 1. The van der Waals surface area contributed by atoms with Gasteiger partial charge in [-0.25, -0.2) is 0 Å². The van der Waals surface area contributed by atoms with E-state index in [-0.39, 0.29) is 0 Å². The Morgan fingerprint density at radius 2 is 2.00 bits per heavy atom. The fraction of sp³-hybridized carbons (Fsp3) is 0.625. The minimum atomic E-state index is 0.439. The molecule has 0 radical (unpaired) electrons. The molecule has 0 bridgehead atoms. The molecule has 1 atom stereocenters. The Morgan fingerprint density at radius 3 is 2.68 bits per heavy atom. The van der Waals surface area contributed by atoms with Crippen LogP contribution in [0.4, 0.5) is 5.69 Å². The highest BCUT2D eigenvalue weighted by molar-refractivity contribution is 6.30. The summed E-state index contributed by atoms with van der Waals surface area (Å²) in [5, 5.41) is 4.25. The molecule has 1 aromatic rings. The first-order chi connectivity index (χ1) is 9.17. The summed E-state index contributed by atoms with van der Waals surface area (Å²) in [7, 11) is 0. The summed E-state index contributed by atoms with van der Waals surface area (Å²) >= 11 is 6.07. The first-order valence-corrected chi connectivity index (χ1v) is 7.74. The van der Waals surface area contributed by atoms with Crippen LogP contribution in [0.15, 0.2) is 18.2 Å². The van der Waals surface area contributed by atoms with Crippen molar-refractivity contribution in [2.75, 3.05) is 11.9 Å². The second-order valence-electron chi connectivity index (χ2n) is 5.03. The smallest absolute Gasteiger partial charge is 0.142 e. The number of benzene rings is 1. The number of nitrogens with one attached hydrogen (secondary N) is 1. The zero-order chi connectivity index (χ0) is 14.1. The zero-order valence-corrected chi connectivity index (χ0v) is 13.1. The summed E-state index contributed by atoms with van der Waals surface area (Å²) in [4.78, 5) is 0. The van der Waals surface area contributed by atoms with Crippen LogP contribution in [0.5, 0.6) is 5.75 Å². The van der Waals surface area contributed by atoms with E-state index in [9.17, 15) is 0 Å². The Balaban J connectivity index is 2.61. The largest absolute Gasteiger partial charge is 0.491 e. The molecule has 1 unspecified atom stereocenters. The summed E-state index contributed by atoms with van der Waals surface area (Å²) in [5.74, 6) is 0.897. The third kappa shape index (κ3) is 6.20. The summed E-state index contributed by atoms with van der Waals surface area (Å²) in [6, 6.07) is 6.20. The monoisotopic (exact) mass is 283 g/mol. The van der Waals surface area contributed by atoms with E-state index in [4.69, 9.17) is 16.3 Å². The molecule has 0 saturated heterocycles. The molecule has 0 saturated carbocycles. The van der Waals surface area contributed by atoms with Gasteiger partial charge in [-0.1, -0.05) is 44.7 Å². The number of rotatable bonds is 9. The van der Waals surface area contributed by atoms with Crippen LogP contribution in [-0.2, 0) is 0 Å². The second-order valence-corrected chi connectivity index (χ2v) is 5.47. The number of unbranched alkanes of at least 4 members (excludes halogenated alkanes) is 2. The van der Waals surface area contributed by atoms with Gasteiger partial charge >= 0.3 is 0 Å². The molecule has 0 aliphatic carbocycles. The van der Waals surface area contributed by atoms with Gasteiger partial charge in [-0.2, -0.15) is 0 Å². The molecule has 1 aromatic carbocycles. The molecular weight excluding hydrogens is 258 g/mol. The first-order valence-electron chi connectivity index (χ1n) is 7.36. The topological polar surface area (TPSA) is 21.3 Å². The van der Waals surface area contributed by atoms with Crippen molar-refractivity contribution in [3.05, 3.63) is 23.2 Å². The predicted molar refractivity (Wildman–Crippen MR) is 84.5 cm³/mol. The maximum absolute atomic E-state index is 6.07. The van der Waals surface area contributed by atoms with Gasteiger partial charge in [-0.3, -0.25) is 0 Å². The van der Waals surface area contributed by atoms with Gasteiger partial charge in [0.2, 0.25) is 0 Å². The lowest BCUT2D eigenvalue weighted by molar-refractivity contribution is 0.318. The first kappa shape index (κ1) is 16.2. The van der Waals surface area contributed by atoms with Gasteiger partial charge in [0.15, 0.2) is 0 Å². The van der Waals surface area contributed by atoms with E-state index in [1.165, 1.54) is 25.7 Å². The summed E-state index contributed by atoms with van der Waals surface area (Å²) in [6.07, 6.45) is 5.99. The van der Waals surface area contributed by atoms with Gasteiger partial charge in [0.25, 0.3) is 0 Å². The maximum atomic E-state index is 6.07. The molecule has 0 aliphatic rings. The van der Waals surface area contributed by atoms with E-state index in [0.29, 0.717) is 6.04 Å². The van der Waals surface area contributed by atoms with Gasteiger partial charge in [0.1, 0.15) is 5.75 Å². The van der Waals surface area contributed by atoms with Gasteiger partial charge in [-0.15, -0.1) is 0 Å². The summed E-state index contributed by atoms with van der Waals surface area (Å²) in [5.41, 5.74) is 1.00. The van der Waals surface area contributed by atoms with Crippen LogP contribution >= 0.6 is 11.6 Å². The lowest BCUT2D eigenvalue weighted by atomic mass is 10.1. The Kier molecular flexibility index (Phi) is 7.73. The molecule has 0 aliphatic heterocycles. The standard InChI is InChI=1S/C16H26ClNO/c1-4-6-7-8-13(3)18-15-12-14(17)9-10-16(15)19-11-5-2/h9-10,12-13,18H,4-8,11H2,1-3H3. The molecule has 0 aromatic heterocycles. The third-order valence-corrected chi connectivity index (χ3v) is 3.28. The fourth-order valence-electron chi connectivity index (χ4n) is 1.99. The Hall–Kier alpha value is -0.890. The Labute approximate surface area is 122 Å².